The highest BCUT2D eigenvalue weighted by molar-refractivity contribution is 7.93. The summed E-state index contributed by atoms with van der Waals surface area (Å²) in [6, 6.07) is 14.9. The van der Waals surface area contributed by atoms with E-state index in [1.165, 1.54) is 19.2 Å². The number of hydrogen-bond acceptors (Lipinski definition) is 5. The molecule has 6 nitrogen and oxygen atoms in total. The zero-order valence-electron chi connectivity index (χ0n) is 17.4. The molecule has 2 aromatic carbocycles. The molecular formula is C22H21F3N4O2S. The standard InChI is InChI=1S/C22H21F3N4O2S/c1-15-13-19(20(30)27-12-11-16-7-4-3-5-8-16)21(29-28-15)32(31,26-2)18-10-6-9-17(14-18)22(23,24)25/h3-10,13-14H,11-12H2,1-2H3,(H,27,30)/t32-/m0/s1. The molecule has 0 spiro atoms. The van der Waals surface area contributed by atoms with Gasteiger partial charge in [-0.3, -0.25) is 4.79 Å². The van der Waals surface area contributed by atoms with Crippen molar-refractivity contribution in [3.8, 4) is 0 Å². The average molecular weight is 462 g/mol. The van der Waals surface area contributed by atoms with Gasteiger partial charge >= 0.3 is 6.18 Å². The van der Waals surface area contributed by atoms with Gasteiger partial charge in [0.2, 0.25) is 0 Å². The van der Waals surface area contributed by atoms with Crippen molar-refractivity contribution < 1.29 is 22.2 Å². The number of rotatable bonds is 6. The molecule has 0 radical (unpaired) electrons. The SMILES string of the molecule is CN=[S@](=O)(c1cccc(C(F)(F)F)c1)c1nnc(C)cc1C(=O)NCCc1ccccc1. The number of carbonyl (C=O) groups excluding carboxylic acids is 1. The van der Waals surface area contributed by atoms with Crippen LogP contribution in [-0.2, 0) is 22.3 Å². The number of halogens is 3. The van der Waals surface area contributed by atoms with Crippen LogP contribution in [0.5, 0.6) is 0 Å². The minimum absolute atomic E-state index is 0.0430. The molecule has 0 bridgehead atoms. The Balaban J connectivity index is 1.97. The second-order valence-electron chi connectivity index (χ2n) is 6.93. The first-order valence-corrected chi connectivity index (χ1v) is 11.2. The van der Waals surface area contributed by atoms with Crippen LogP contribution in [0.25, 0.3) is 0 Å². The van der Waals surface area contributed by atoms with Gasteiger partial charge in [0.15, 0.2) is 5.03 Å². The zero-order valence-corrected chi connectivity index (χ0v) is 18.2. The highest BCUT2D eigenvalue weighted by Crippen LogP contribution is 2.33. The van der Waals surface area contributed by atoms with Gasteiger partial charge in [-0.15, -0.1) is 5.10 Å². The Kier molecular flexibility index (Phi) is 6.93. The largest absolute Gasteiger partial charge is 0.416 e. The lowest BCUT2D eigenvalue weighted by molar-refractivity contribution is -0.137. The molecule has 0 aliphatic heterocycles. The molecule has 1 heterocycles. The maximum Gasteiger partial charge on any atom is 0.416 e. The molecule has 0 saturated heterocycles. The fraction of sp³-hybridized carbons (Fsp3) is 0.227. The molecule has 3 aromatic rings. The molecular weight excluding hydrogens is 441 g/mol. The van der Waals surface area contributed by atoms with Crippen molar-refractivity contribution in [2.24, 2.45) is 4.36 Å². The first-order valence-electron chi connectivity index (χ1n) is 9.64. The summed E-state index contributed by atoms with van der Waals surface area (Å²) in [5, 5.41) is 10.3. The lowest BCUT2D eigenvalue weighted by atomic mass is 10.1. The maximum absolute atomic E-state index is 13.8. The van der Waals surface area contributed by atoms with Crippen molar-refractivity contribution in [3.05, 3.63) is 83.0 Å². The highest BCUT2D eigenvalue weighted by atomic mass is 32.2. The van der Waals surface area contributed by atoms with Gasteiger partial charge in [-0.1, -0.05) is 36.4 Å². The lowest BCUT2D eigenvalue weighted by Gasteiger charge is -2.15. The van der Waals surface area contributed by atoms with Crippen LogP contribution in [-0.4, -0.2) is 33.9 Å². The highest BCUT2D eigenvalue weighted by Gasteiger charge is 2.32. The Morgan fingerprint density at radius 1 is 1.06 bits per heavy atom. The van der Waals surface area contributed by atoms with E-state index in [4.69, 9.17) is 0 Å². The van der Waals surface area contributed by atoms with Crippen LogP contribution in [0.4, 0.5) is 13.2 Å². The van der Waals surface area contributed by atoms with Gasteiger partial charge in [-0.2, -0.15) is 18.3 Å². The van der Waals surface area contributed by atoms with Crippen molar-refractivity contribution in [3.63, 3.8) is 0 Å². The quantitative estimate of drug-likeness (QED) is 0.592. The second kappa shape index (κ2) is 9.47. The lowest BCUT2D eigenvalue weighted by Crippen LogP contribution is -2.28. The van der Waals surface area contributed by atoms with Gasteiger partial charge in [0.25, 0.3) is 5.91 Å². The summed E-state index contributed by atoms with van der Waals surface area (Å²) in [6.07, 6.45) is -4.05. The number of aromatic nitrogens is 2. The van der Waals surface area contributed by atoms with Crippen molar-refractivity contribution in [1.29, 1.82) is 0 Å². The van der Waals surface area contributed by atoms with Gasteiger partial charge in [0.1, 0.15) is 9.73 Å². The normalized spacial score (nSPS) is 13.3. The molecule has 1 N–H and O–H groups in total. The van der Waals surface area contributed by atoms with E-state index in [9.17, 15) is 22.2 Å². The molecule has 1 amide bonds. The van der Waals surface area contributed by atoms with E-state index < -0.39 is 27.4 Å². The fourth-order valence-electron chi connectivity index (χ4n) is 3.05. The van der Waals surface area contributed by atoms with Gasteiger partial charge in [0.05, 0.1) is 21.7 Å². The van der Waals surface area contributed by atoms with E-state index in [2.05, 4.69) is 19.9 Å². The molecule has 1 aromatic heterocycles. The molecule has 1 atom stereocenters. The summed E-state index contributed by atoms with van der Waals surface area (Å²) in [4.78, 5) is 12.7. The van der Waals surface area contributed by atoms with E-state index in [0.717, 1.165) is 23.8 Å². The molecule has 0 fully saturated rings. The number of nitrogens with one attached hydrogen (secondary N) is 1. The fourth-order valence-corrected chi connectivity index (χ4v) is 4.81. The summed E-state index contributed by atoms with van der Waals surface area (Å²) < 4.78 is 57.2. The Bertz CT molecular complexity index is 1240. The van der Waals surface area contributed by atoms with Crippen molar-refractivity contribution in [2.75, 3.05) is 13.6 Å². The summed E-state index contributed by atoms with van der Waals surface area (Å²) in [7, 11) is -2.44. The Morgan fingerprint density at radius 2 is 1.78 bits per heavy atom. The third kappa shape index (κ3) is 5.13. The summed E-state index contributed by atoms with van der Waals surface area (Å²) in [5.41, 5.74) is 0.399. The summed E-state index contributed by atoms with van der Waals surface area (Å²) >= 11 is 0. The molecule has 32 heavy (non-hydrogen) atoms. The first kappa shape index (κ1) is 23.4. The first-order chi connectivity index (χ1) is 15.1. The van der Waals surface area contributed by atoms with Crippen LogP contribution in [0, 0.1) is 6.92 Å². The van der Waals surface area contributed by atoms with Crippen molar-refractivity contribution in [1.82, 2.24) is 15.5 Å². The van der Waals surface area contributed by atoms with E-state index >= 15 is 0 Å². The topological polar surface area (TPSA) is 84.3 Å². The Labute approximate surface area is 184 Å². The van der Waals surface area contributed by atoms with Crippen molar-refractivity contribution >= 4 is 15.6 Å². The van der Waals surface area contributed by atoms with Crippen LogP contribution in [0.2, 0.25) is 0 Å². The van der Waals surface area contributed by atoms with E-state index in [1.54, 1.807) is 6.92 Å². The Hall–Kier alpha value is -3.27. The second-order valence-corrected chi connectivity index (χ2v) is 9.20. The molecule has 0 saturated carbocycles. The number of nitrogens with zero attached hydrogens (tertiary/aromatic N) is 3. The number of alkyl halides is 3. The maximum atomic E-state index is 13.8. The molecule has 0 unspecified atom stereocenters. The zero-order chi connectivity index (χ0) is 23.4. The third-order valence-electron chi connectivity index (χ3n) is 4.67. The predicted molar refractivity (Wildman–Crippen MR) is 114 cm³/mol. The van der Waals surface area contributed by atoms with Crippen LogP contribution in [0.1, 0.15) is 27.2 Å². The number of aryl methyl sites for hydroxylation is 1. The van der Waals surface area contributed by atoms with Crippen LogP contribution in [0.15, 0.2) is 74.9 Å². The molecule has 0 aliphatic rings. The Morgan fingerprint density at radius 3 is 2.44 bits per heavy atom. The van der Waals surface area contributed by atoms with Gasteiger partial charge in [-0.05, 0) is 43.2 Å². The van der Waals surface area contributed by atoms with Gasteiger partial charge in [0, 0.05) is 13.6 Å². The average Bonchev–Trinajstić information content (AvgIpc) is 2.78. The smallest absolute Gasteiger partial charge is 0.352 e. The van der Waals surface area contributed by atoms with Crippen LogP contribution < -0.4 is 5.32 Å². The third-order valence-corrected chi connectivity index (χ3v) is 6.90. The van der Waals surface area contributed by atoms with E-state index in [0.29, 0.717) is 18.7 Å². The predicted octanol–water partition coefficient (Wildman–Crippen LogP) is 4.29. The summed E-state index contributed by atoms with van der Waals surface area (Å²) in [5.74, 6) is -0.558. The van der Waals surface area contributed by atoms with Gasteiger partial charge in [-0.25, -0.2) is 8.57 Å². The summed E-state index contributed by atoms with van der Waals surface area (Å²) in [6.45, 7) is 1.91. The van der Waals surface area contributed by atoms with Crippen LogP contribution >= 0.6 is 0 Å². The van der Waals surface area contributed by atoms with Gasteiger partial charge < -0.3 is 5.32 Å². The monoisotopic (exact) mass is 462 g/mol. The minimum atomic E-state index is -4.62. The number of carbonyl (C=O) groups is 1. The number of amides is 1. The molecule has 168 valence electrons. The minimum Gasteiger partial charge on any atom is -0.352 e. The number of hydrogen-bond donors (Lipinski definition) is 1. The van der Waals surface area contributed by atoms with Crippen LogP contribution in [0.3, 0.4) is 0 Å². The molecule has 10 heteroatoms. The number of benzene rings is 2. The molecule has 3 rings (SSSR count). The van der Waals surface area contributed by atoms with E-state index in [-0.39, 0.29) is 15.5 Å². The van der Waals surface area contributed by atoms with Crippen molar-refractivity contribution in [2.45, 2.75) is 29.4 Å². The van der Waals surface area contributed by atoms with E-state index in [1.807, 2.05) is 30.3 Å². The molecule has 0 aliphatic carbocycles.